The van der Waals surface area contributed by atoms with Gasteiger partial charge in [-0.3, -0.25) is 9.35 Å². The van der Waals surface area contributed by atoms with Gasteiger partial charge in [0.2, 0.25) is 11.8 Å². The molecule has 1 aromatic carbocycles. The fourth-order valence-electron chi connectivity index (χ4n) is 3.07. The lowest BCUT2D eigenvalue weighted by Gasteiger charge is -2.19. The van der Waals surface area contributed by atoms with E-state index < -0.39 is 10.1 Å². The molecule has 1 aliphatic rings. The van der Waals surface area contributed by atoms with Crippen LogP contribution in [0.25, 0.3) is 11.5 Å². The van der Waals surface area contributed by atoms with Crippen molar-refractivity contribution in [2.75, 3.05) is 25.9 Å². The second kappa shape index (κ2) is 10.9. The summed E-state index contributed by atoms with van der Waals surface area (Å²) >= 11 is 0. The zero-order chi connectivity index (χ0) is 22.1. The van der Waals surface area contributed by atoms with Crippen LogP contribution < -0.4 is 5.32 Å². The minimum absolute atomic E-state index is 0.00843. The number of nitrogens with zero attached hydrogens (tertiary/aromatic N) is 3. The van der Waals surface area contributed by atoms with Crippen LogP contribution in [0.3, 0.4) is 0 Å². The molecule has 9 nitrogen and oxygen atoms in total. The smallest absolute Gasteiger partial charge is 0.261 e. The highest BCUT2D eigenvalue weighted by molar-refractivity contribution is 7.85. The number of likely N-dealkylation sites (tertiary alicyclic amines) is 1. The lowest BCUT2D eigenvalue weighted by molar-refractivity contribution is -0.130. The molecule has 1 fully saturated rings. The normalized spacial score (nSPS) is 15.9. The van der Waals surface area contributed by atoms with E-state index in [0.29, 0.717) is 31.7 Å². The Balaban J connectivity index is 0.000000575. The topological polar surface area (TPSA) is 137 Å². The first-order valence-corrected chi connectivity index (χ1v) is 11.4. The molecule has 0 spiro atoms. The van der Waals surface area contributed by atoms with Crippen molar-refractivity contribution in [2.45, 2.75) is 32.2 Å². The molecule has 1 aliphatic heterocycles. The predicted octanol–water partition coefficient (Wildman–Crippen LogP) is 1.80. The molecule has 1 atom stereocenters. The maximum Gasteiger partial charge on any atom is 0.261 e. The zero-order valence-corrected chi connectivity index (χ0v) is 17.9. The average Bonchev–Trinajstić information content (AvgIpc) is 3.31. The molecular formula is C20H26N4O5S. The largest absolute Gasteiger partial charge is 0.441 e. The Bertz CT molecular complexity index is 974. The fraction of sp³-hybridized carbons (Fsp3) is 0.450. The van der Waals surface area contributed by atoms with E-state index >= 15 is 0 Å². The number of hydrogen-bond acceptors (Lipinski definition) is 7. The van der Waals surface area contributed by atoms with E-state index in [9.17, 15) is 13.2 Å². The van der Waals surface area contributed by atoms with Crippen molar-refractivity contribution in [2.24, 2.45) is 0 Å². The van der Waals surface area contributed by atoms with Crippen molar-refractivity contribution in [3.8, 4) is 17.5 Å². The Morgan fingerprint density at radius 2 is 2.07 bits per heavy atom. The summed E-state index contributed by atoms with van der Waals surface area (Å²) < 4.78 is 31.6. The van der Waals surface area contributed by atoms with E-state index in [2.05, 4.69) is 16.4 Å². The van der Waals surface area contributed by atoms with Crippen LogP contribution in [-0.4, -0.2) is 60.7 Å². The van der Waals surface area contributed by atoms with Crippen LogP contribution in [0.5, 0.6) is 0 Å². The first kappa shape index (κ1) is 23.5. The molecule has 2 aromatic rings. The Morgan fingerprint density at radius 1 is 1.40 bits per heavy atom. The highest BCUT2D eigenvalue weighted by atomic mass is 32.2. The maximum atomic E-state index is 12.2. The first-order valence-electron chi connectivity index (χ1n) is 9.53. The SMILES string of the molecule is CS(=O)(=O)O.Cc1oc(-c2ccccc2)nc1CCNCC(=O)N1CCCC1C#N. The number of oxazole rings is 1. The summed E-state index contributed by atoms with van der Waals surface area (Å²) in [5.74, 6) is 1.42. The van der Waals surface area contributed by atoms with Gasteiger partial charge in [-0.1, -0.05) is 18.2 Å². The third-order valence-electron chi connectivity index (χ3n) is 4.45. The van der Waals surface area contributed by atoms with Crippen molar-refractivity contribution < 1.29 is 22.2 Å². The molecule has 10 heteroatoms. The summed E-state index contributed by atoms with van der Waals surface area (Å²) in [5.41, 5.74) is 1.85. The number of hydrogen-bond donors (Lipinski definition) is 2. The van der Waals surface area contributed by atoms with Crippen LogP contribution in [0.1, 0.15) is 24.3 Å². The molecule has 2 N–H and O–H groups in total. The number of benzene rings is 1. The van der Waals surface area contributed by atoms with Gasteiger partial charge in [-0.2, -0.15) is 13.7 Å². The Morgan fingerprint density at radius 3 is 2.70 bits per heavy atom. The van der Waals surface area contributed by atoms with E-state index in [1.807, 2.05) is 37.3 Å². The van der Waals surface area contributed by atoms with Gasteiger partial charge in [-0.15, -0.1) is 0 Å². The van der Waals surface area contributed by atoms with E-state index in [0.717, 1.165) is 29.9 Å². The molecule has 1 aromatic heterocycles. The third-order valence-corrected chi connectivity index (χ3v) is 4.45. The van der Waals surface area contributed by atoms with Gasteiger partial charge in [0.05, 0.1) is 24.6 Å². The number of carbonyl (C=O) groups excluding carboxylic acids is 1. The molecule has 0 bridgehead atoms. The van der Waals surface area contributed by atoms with Crippen LogP contribution in [0.2, 0.25) is 0 Å². The van der Waals surface area contributed by atoms with Crippen molar-refractivity contribution in [1.29, 1.82) is 5.26 Å². The molecule has 1 amide bonds. The van der Waals surface area contributed by atoms with Gasteiger partial charge in [-0.05, 0) is 31.9 Å². The van der Waals surface area contributed by atoms with Crippen molar-refractivity contribution in [1.82, 2.24) is 15.2 Å². The minimum Gasteiger partial charge on any atom is -0.441 e. The maximum absolute atomic E-state index is 12.2. The second-order valence-corrected chi connectivity index (χ2v) is 8.39. The number of amides is 1. The zero-order valence-electron chi connectivity index (χ0n) is 17.0. The van der Waals surface area contributed by atoms with E-state index in [1.165, 1.54) is 0 Å². The minimum atomic E-state index is -3.67. The number of carbonyl (C=O) groups is 1. The quantitative estimate of drug-likeness (QED) is 0.519. The van der Waals surface area contributed by atoms with E-state index in [4.69, 9.17) is 14.2 Å². The molecule has 1 saturated heterocycles. The first-order chi connectivity index (χ1) is 14.2. The molecule has 3 rings (SSSR count). The van der Waals surface area contributed by atoms with Gasteiger partial charge < -0.3 is 14.6 Å². The highest BCUT2D eigenvalue weighted by Gasteiger charge is 2.27. The molecule has 162 valence electrons. The van der Waals surface area contributed by atoms with Crippen molar-refractivity contribution in [3.05, 3.63) is 41.8 Å². The Hall–Kier alpha value is -2.74. The number of aryl methyl sites for hydroxylation is 1. The van der Waals surface area contributed by atoms with Crippen LogP contribution in [0.4, 0.5) is 0 Å². The summed E-state index contributed by atoms with van der Waals surface area (Å²) in [7, 11) is -3.67. The molecule has 0 saturated carbocycles. The summed E-state index contributed by atoms with van der Waals surface area (Å²) in [5, 5.41) is 12.2. The van der Waals surface area contributed by atoms with Crippen LogP contribution in [0.15, 0.2) is 34.7 Å². The van der Waals surface area contributed by atoms with Gasteiger partial charge >= 0.3 is 0 Å². The second-order valence-electron chi connectivity index (χ2n) is 6.92. The van der Waals surface area contributed by atoms with Crippen molar-refractivity contribution in [3.63, 3.8) is 0 Å². The highest BCUT2D eigenvalue weighted by Crippen LogP contribution is 2.21. The van der Waals surface area contributed by atoms with Gasteiger partial charge in [0.15, 0.2) is 0 Å². The summed E-state index contributed by atoms with van der Waals surface area (Å²) in [6, 6.07) is 11.7. The molecule has 1 unspecified atom stereocenters. The van der Waals surface area contributed by atoms with Gasteiger partial charge in [-0.25, -0.2) is 4.98 Å². The van der Waals surface area contributed by atoms with E-state index in [-0.39, 0.29) is 18.5 Å². The van der Waals surface area contributed by atoms with Gasteiger partial charge in [0, 0.05) is 25.1 Å². The third kappa shape index (κ3) is 7.59. The van der Waals surface area contributed by atoms with E-state index in [1.54, 1.807) is 4.90 Å². The molecule has 0 aliphatic carbocycles. The summed E-state index contributed by atoms with van der Waals surface area (Å²) in [4.78, 5) is 18.4. The van der Waals surface area contributed by atoms with Crippen LogP contribution >= 0.6 is 0 Å². The van der Waals surface area contributed by atoms with Gasteiger partial charge in [0.1, 0.15) is 11.8 Å². The summed E-state index contributed by atoms with van der Waals surface area (Å²) in [6.07, 6.45) is 3.09. The fourth-order valence-corrected chi connectivity index (χ4v) is 3.07. The molecule has 30 heavy (non-hydrogen) atoms. The lowest BCUT2D eigenvalue weighted by atomic mass is 10.2. The van der Waals surface area contributed by atoms with Crippen LogP contribution in [0, 0.1) is 18.3 Å². The molecule has 2 heterocycles. The number of nitrogens with one attached hydrogen (secondary N) is 1. The monoisotopic (exact) mass is 434 g/mol. The average molecular weight is 435 g/mol. The predicted molar refractivity (Wildman–Crippen MR) is 111 cm³/mol. The Labute approximate surface area is 176 Å². The standard InChI is InChI=1S/C19H22N4O2.CH4O3S/c1-14-17(22-19(25-14)15-6-3-2-4-7-15)9-10-21-13-18(24)23-11-5-8-16(23)12-20;1-5(2,3)4/h2-4,6-7,16,21H,5,8-11,13H2,1H3;1H3,(H,2,3,4). The number of nitriles is 1. The molecular weight excluding hydrogens is 408 g/mol. The lowest BCUT2D eigenvalue weighted by Crippen LogP contribution is -2.41. The Kier molecular flexibility index (Phi) is 8.53. The van der Waals surface area contributed by atoms with Gasteiger partial charge in [0.25, 0.3) is 10.1 Å². The summed E-state index contributed by atoms with van der Waals surface area (Å²) in [6.45, 7) is 3.47. The number of rotatable bonds is 6. The number of aromatic nitrogens is 1. The van der Waals surface area contributed by atoms with Crippen LogP contribution in [-0.2, 0) is 21.3 Å². The molecule has 0 radical (unpaired) electrons. The van der Waals surface area contributed by atoms with Crippen molar-refractivity contribution >= 4 is 16.0 Å².